The first-order valence-corrected chi connectivity index (χ1v) is 11.8. The topological polar surface area (TPSA) is 42.3 Å². The van der Waals surface area contributed by atoms with Crippen LogP contribution in [0.2, 0.25) is 36.0 Å². The molecule has 0 radical (unpaired) electrons. The third kappa shape index (κ3) is 4.86. The molecule has 0 aliphatic carbocycles. The van der Waals surface area contributed by atoms with Crippen LogP contribution in [0.25, 0.3) is 0 Å². The predicted octanol–water partition coefficient (Wildman–Crippen LogP) is 2.91. The van der Waals surface area contributed by atoms with Crippen molar-refractivity contribution >= 4 is 37.2 Å². The molecule has 1 aliphatic heterocycles. The molecule has 1 aromatic rings. The van der Waals surface area contributed by atoms with Gasteiger partial charge in [0.1, 0.15) is 6.73 Å². The highest BCUT2D eigenvalue weighted by Crippen LogP contribution is 2.28. The van der Waals surface area contributed by atoms with Crippen molar-refractivity contribution in [1.82, 2.24) is 14.9 Å². The molecule has 5 nitrogen and oxygen atoms in total. The van der Waals surface area contributed by atoms with E-state index in [1.54, 1.807) is 0 Å². The number of aromatic nitrogens is 2. The Labute approximate surface area is 137 Å². The third-order valence-corrected chi connectivity index (χ3v) is 5.91. The van der Waals surface area contributed by atoms with Gasteiger partial charge in [-0.15, -0.1) is 0 Å². The number of rotatable bonds is 6. The van der Waals surface area contributed by atoms with Crippen molar-refractivity contribution in [2.45, 2.75) is 32.4 Å². The number of piperazine rings is 1. The van der Waals surface area contributed by atoms with Crippen LogP contribution in [0, 0.1) is 0 Å². The van der Waals surface area contributed by atoms with Gasteiger partial charge < -0.3 is 15.0 Å². The first kappa shape index (κ1) is 17.1. The summed E-state index contributed by atoms with van der Waals surface area (Å²) in [5.74, 6) is 0.805. The minimum absolute atomic E-state index is 0.346. The molecule has 0 atom stereocenters. The number of anilines is 1. The van der Waals surface area contributed by atoms with Crippen molar-refractivity contribution < 1.29 is 4.74 Å². The number of hydrogen-bond acceptors (Lipinski definition) is 4. The first-order valence-electron chi connectivity index (χ1n) is 7.33. The smallest absolute Gasteiger partial charge is 0.210 e. The summed E-state index contributed by atoms with van der Waals surface area (Å²) in [5, 5.41) is 4.13. The summed E-state index contributed by atoms with van der Waals surface area (Å²) in [4.78, 5) is 6.58. The Morgan fingerprint density at radius 3 is 2.52 bits per heavy atom. The van der Waals surface area contributed by atoms with Crippen molar-refractivity contribution in [3.8, 4) is 0 Å². The van der Waals surface area contributed by atoms with Crippen LogP contribution < -0.4 is 10.2 Å². The maximum absolute atomic E-state index is 6.26. The third-order valence-electron chi connectivity index (χ3n) is 3.46. The molecule has 0 saturated carbocycles. The van der Waals surface area contributed by atoms with E-state index in [4.69, 9.17) is 27.9 Å². The Hall–Kier alpha value is -0.273. The molecule has 8 heteroatoms. The molecule has 1 N–H and O–H groups in total. The number of nitrogens with one attached hydrogen (secondary N) is 1. The Balaban J connectivity index is 2.00. The zero-order valence-corrected chi connectivity index (χ0v) is 15.5. The van der Waals surface area contributed by atoms with Gasteiger partial charge in [0.25, 0.3) is 0 Å². The number of hydrogen-bond donors (Lipinski definition) is 1. The van der Waals surface area contributed by atoms with Gasteiger partial charge in [0.2, 0.25) is 5.95 Å². The highest BCUT2D eigenvalue weighted by atomic mass is 35.5. The second-order valence-corrected chi connectivity index (χ2v) is 12.8. The molecule has 21 heavy (non-hydrogen) atoms. The van der Waals surface area contributed by atoms with E-state index in [1.165, 1.54) is 0 Å². The van der Waals surface area contributed by atoms with E-state index in [1.807, 2.05) is 4.57 Å². The zero-order valence-electron chi connectivity index (χ0n) is 13.0. The molecule has 2 rings (SSSR count). The molecular weight excluding hydrogens is 327 g/mol. The fourth-order valence-corrected chi connectivity index (χ4v) is 3.25. The lowest BCUT2D eigenvalue weighted by molar-refractivity contribution is 0.0880. The molecule has 0 spiro atoms. The van der Waals surface area contributed by atoms with Gasteiger partial charge in [0.15, 0.2) is 10.3 Å². The average Bonchev–Trinajstić information content (AvgIpc) is 2.71. The molecule has 0 aromatic carbocycles. The van der Waals surface area contributed by atoms with Crippen LogP contribution in [0.4, 0.5) is 5.95 Å². The van der Waals surface area contributed by atoms with E-state index in [2.05, 4.69) is 34.8 Å². The van der Waals surface area contributed by atoms with Crippen LogP contribution in [0.5, 0.6) is 0 Å². The molecule has 2 heterocycles. The summed E-state index contributed by atoms with van der Waals surface area (Å²) in [6.07, 6.45) is 0. The van der Waals surface area contributed by atoms with E-state index in [0.29, 0.717) is 17.0 Å². The minimum atomic E-state index is -1.08. The quantitative estimate of drug-likeness (QED) is 0.632. The first-order chi connectivity index (χ1) is 9.88. The maximum atomic E-state index is 6.26. The van der Waals surface area contributed by atoms with Crippen molar-refractivity contribution in [2.75, 3.05) is 37.7 Å². The highest BCUT2D eigenvalue weighted by molar-refractivity contribution is 6.76. The van der Waals surface area contributed by atoms with Crippen molar-refractivity contribution in [3.05, 3.63) is 10.3 Å². The largest absolute Gasteiger partial charge is 0.361 e. The van der Waals surface area contributed by atoms with E-state index in [-0.39, 0.29) is 0 Å². The van der Waals surface area contributed by atoms with Gasteiger partial charge in [-0.1, -0.05) is 42.8 Å². The number of ether oxygens (including phenoxy) is 1. The Kier molecular flexibility index (Phi) is 5.96. The molecule has 1 aromatic heterocycles. The van der Waals surface area contributed by atoms with Crippen molar-refractivity contribution in [3.63, 3.8) is 0 Å². The number of imidazole rings is 1. The van der Waals surface area contributed by atoms with Crippen LogP contribution in [0.3, 0.4) is 0 Å². The summed E-state index contributed by atoms with van der Waals surface area (Å²) >= 11 is 12.3. The molecule has 0 amide bonds. The summed E-state index contributed by atoms with van der Waals surface area (Å²) in [6.45, 7) is 11.9. The van der Waals surface area contributed by atoms with Gasteiger partial charge in [0.05, 0.1) is 0 Å². The summed E-state index contributed by atoms with van der Waals surface area (Å²) in [7, 11) is -1.08. The maximum Gasteiger partial charge on any atom is 0.210 e. The lowest BCUT2D eigenvalue weighted by Gasteiger charge is -2.28. The van der Waals surface area contributed by atoms with Gasteiger partial charge in [-0.25, -0.2) is 0 Å². The summed E-state index contributed by atoms with van der Waals surface area (Å²) in [5.41, 5.74) is 0. The van der Waals surface area contributed by atoms with E-state index in [9.17, 15) is 0 Å². The average molecular weight is 351 g/mol. The highest BCUT2D eigenvalue weighted by Gasteiger charge is 2.21. The van der Waals surface area contributed by atoms with Crippen LogP contribution in [0.1, 0.15) is 0 Å². The summed E-state index contributed by atoms with van der Waals surface area (Å²) < 4.78 is 7.65. The lowest BCUT2D eigenvalue weighted by atomic mass is 10.4. The van der Waals surface area contributed by atoms with Crippen LogP contribution in [0.15, 0.2) is 0 Å². The van der Waals surface area contributed by atoms with Gasteiger partial charge in [-0.3, -0.25) is 4.57 Å². The minimum Gasteiger partial charge on any atom is -0.361 e. The molecule has 0 bridgehead atoms. The van der Waals surface area contributed by atoms with Crippen molar-refractivity contribution in [2.24, 2.45) is 0 Å². The SMILES string of the molecule is C[Si](C)(C)CCOCn1c(N2CCNCC2)nc(Cl)c1Cl. The predicted molar refractivity (Wildman–Crippen MR) is 91.4 cm³/mol. The standard InChI is InChI=1S/C13H24Cl2N4OSi/c1-21(2,3)9-8-20-10-19-12(15)11(14)17-13(19)18-6-4-16-5-7-18/h16H,4-10H2,1-3H3. The fourth-order valence-electron chi connectivity index (χ4n) is 2.15. The second-order valence-electron chi connectivity index (χ2n) is 6.51. The fraction of sp³-hybridized carbons (Fsp3) is 0.769. The Bertz CT molecular complexity index is 469. The number of nitrogens with zero attached hydrogens (tertiary/aromatic N) is 3. The van der Waals surface area contributed by atoms with Gasteiger partial charge in [-0.05, 0) is 6.04 Å². The molecule has 0 unspecified atom stereocenters. The molecular formula is C13H24Cl2N4OSi. The van der Waals surface area contributed by atoms with E-state index in [0.717, 1.165) is 44.8 Å². The van der Waals surface area contributed by atoms with Gasteiger partial charge in [-0.2, -0.15) is 4.98 Å². The number of halogens is 2. The van der Waals surface area contributed by atoms with E-state index >= 15 is 0 Å². The van der Waals surface area contributed by atoms with Crippen LogP contribution in [-0.4, -0.2) is 50.4 Å². The monoisotopic (exact) mass is 350 g/mol. The molecule has 1 saturated heterocycles. The van der Waals surface area contributed by atoms with Crippen LogP contribution >= 0.6 is 23.2 Å². The molecule has 120 valence electrons. The lowest BCUT2D eigenvalue weighted by Crippen LogP contribution is -2.44. The zero-order chi connectivity index (χ0) is 15.5. The summed E-state index contributed by atoms with van der Waals surface area (Å²) in [6, 6.07) is 1.13. The Morgan fingerprint density at radius 1 is 1.24 bits per heavy atom. The second kappa shape index (κ2) is 7.33. The van der Waals surface area contributed by atoms with Gasteiger partial charge >= 0.3 is 0 Å². The van der Waals surface area contributed by atoms with Crippen LogP contribution in [-0.2, 0) is 11.5 Å². The van der Waals surface area contributed by atoms with Crippen molar-refractivity contribution in [1.29, 1.82) is 0 Å². The Morgan fingerprint density at radius 2 is 1.90 bits per heavy atom. The molecule has 1 fully saturated rings. The normalized spacial score (nSPS) is 16.5. The van der Waals surface area contributed by atoms with E-state index < -0.39 is 8.07 Å². The van der Waals surface area contributed by atoms with Gasteiger partial charge in [0, 0.05) is 40.9 Å². The molecule has 1 aliphatic rings.